The molecule has 168 valence electrons. The van der Waals surface area contributed by atoms with Crippen molar-refractivity contribution in [1.82, 2.24) is 30.0 Å². The van der Waals surface area contributed by atoms with Crippen LogP contribution in [0.1, 0.15) is 23.0 Å². The van der Waals surface area contributed by atoms with E-state index in [0.717, 1.165) is 22.0 Å². The third-order valence-corrected chi connectivity index (χ3v) is 6.37. The predicted octanol–water partition coefficient (Wildman–Crippen LogP) is 3.96. The number of nitrogens with one attached hydrogen (secondary N) is 1. The highest BCUT2D eigenvalue weighted by Gasteiger charge is 2.30. The number of aromatic nitrogens is 4. The van der Waals surface area contributed by atoms with E-state index < -0.39 is 6.09 Å². The van der Waals surface area contributed by atoms with Crippen molar-refractivity contribution in [3.05, 3.63) is 52.8 Å². The number of carbonyl (C=O) groups is 2. The quantitative estimate of drug-likeness (QED) is 0.464. The lowest BCUT2D eigenvalue weighted by molar-refractivity contribution is 0.0484. The van der Waals surface area contributed by atoms with Gasteiger partial charge in [0.05, 0.1) is 16.2 Å². The van der Waals surface area contributed by atoms with Crippen LogP contribution in [0.3, 0.4) is 0 Å². The average molecular weight is 465 g/mol. The number of aromatic amines is 1. The monoisotopic (exact) mass is 464 g/mol. The molecule has 0 saturated carbocycles. The molecule has 0 spiro atoms. The summed E-state index contributed by atoms with van der Waals surface area (Å²) in [5.74, 6) is -0.158. The molecule has 0 aliphatic carbocycles. The molecule has 4 heterocycles. The fraction of sp³-hybridized carbons (Fsp3) is 0.261. The van der Waals surface area contributed by atoms with E-state index in [2.05, 4.69) is 15.2 Å². The normalized spacial score (nSPS) is 16.5. The molecule has 1 fully saturated rings. The highest BCUT2D eigenvalue weighted by molar-refractivity contribution is 6.35. The van der Waals surface area contributed by atoms with Gasteiger partial charge in [0.2, 0.25) is 0 Å². The zero-order valence-electron chi connectivity index (χ0n) is 18.0. The first kappa shape index (κ1) is 21.1. The third-order valence-electron chi connectivity index (χ3n) is 6.06. The second-order valence-electron chi connectivity index (χ2n) is 8.24. The second kappa shape index (κ2) is 8.00. The Balaban J connectivity index is 1.50. The summed E-state index contributed by atoms with van der Waals surface area (Å²) in [6.45, 7) is 4.69. The van der Waals surface area contributed by atoms with E-state index in [0.29, 0.717) is 34.0 Å². The van der Waals surface area contributed by atoms with Crippen LogP contribution in [0, 0.1) is 6.92 Å². The molecule has 10 heteroatoms. The number of H-pyrrole nitrogens is 1. The minimum Gasteiger partial charge on any atom is -0.465 e. The van der Waals surface area contributed by atoms with E-state index >= 15 is 0 Å². The van der Waals surface area contributed by atoms with E-state index in [1.54, 1.807) is 35.4 Å². The van der Waals surface area contributed by atoms with Gasteiger partial charge in [0, 0.05) is 59.5 Å². The van der Waals surface area contributed by atoms with Crippen LogP contribution in [0.15, 0.2) is 36.5 Å². The van der Waals surface area contributed by atoms with E-state index in [9.17, 15) is 14.7 Å². The number of benzene rings is 1. The molecule has 1 aromatic carbocycles. The zero-order valence-corrected chi connectivity index (χ0v) is 18.8. The number of hydrogen-bond donors (Lipinski definition) is 2. The number of nitrogens with zero attached hydrogens (tertiary/aromatic N) is 5. The van der Waals surface area contributed by atoms with Gasteiger partial charge in [0.15, 0.2) is 5.65 Å². The van der Waals surface area contributed by atoms with Crippen molar-refractivity contribution in [2.24, 2.45) is 0 Å². The summed E-state index contributed by atoms with van der Waals surface area (Å²) < 4.78 is 0. The van der Waals surface area contributed by atoms with Gasteiger partial charge in [-0.15, -0.1) is 0 Å². The third kappa shape index (κ3) is 3.74. The highest BCUT2D eigenvalue weighted by atomic mass is 35.5. The zero-order chi connectivity index (χ0) is 23.3. The largest absolute Gasteiger partial charge is 0.465 e. The standard InChI is InChI=1S/C23H21ClN6O3/c1-12-11-29(23(32)33)5-6-30(12)22(31)14-3-4-16-18(24)9-19(26-20(16)8-14)15-7-17-13(2)27-28-21(17)25-10-15/h3-4,7-10,12H,5-6,11H2,1-2H3,(H,32,33)(H,25,27,28)/t12-/m0/s1. The van der Waals surface area contributed by atoms with Crippen molar-refractivity contribution in [1.29, 1.82) is 0 Å². The molecular formula is C23H21ClN6O3. The molecule has 33 heavy (non-hydrogen) atoms. The van der Waals surface area contributed by atoms with Crippen molar-refractivity contribution >= 4 is 45.5 Å². The van der Waals surface area contributed by atoms with Crippen LogP contribution in [-0.2, 0) is 0 Å². The van der Waals surface area contributed by atoms with Crippen LogP contribution in [0.5, 0.6) is 0 Å². The number of amides is 2. The SMILES string of the molecule is Cc1[nH]nc2ncc(-c3cc(Cl)c4ccc(C(=O)N5CCN(C(=O)O)C[C@@H]5C)cc4n3)cc12. The summed E-state index contributed by atoms with van der Waals surface area (Å²) in [7, 11) is 0. The Morgan fingerprint density at radius 2 is 2.00 bits per heavy atom. The van der Waals surface area contributed by atoms with Crippen LogP contribution in [0.25, 0.3) is 33.2 Å². The summed E-state index contributed by atoms with van der Waals surface area (Å²) >= 11 is 6.55. The molecule has 1 aliphatic rings. The van der Waals surface area contributed by atoms with Gasteiger partial charge in [-0.3, -0.25) is 9.89 Å². The number of carbonyl (C=O) groups excluding carboxylic acids is 1. The molecule has 2 N–H and O–H groups in total. The molecule has 9 nitrogen and oxygen atoms in total. The van der Waals surface area contributed by atoms with Crippen LogP contribution in [0.2, 0.25) is 5.02 Å². The van der Waals surface area contributed by atoms with E-state index in [-0.39, 0.29) is 25.0 Å². The smallest absolute Gasteiger partial charge is 0.407 e. The van der Waals surface area contributed by atoms with Gasteiger partial charge in [-0.25, -0.2) is 14.8 Å². The fourth-order valence-electron chi connectivity index (χ4n) is 4.23. The Labute approximate surface area is 194 Å². The Kier molecular flexibility index (Phi) is 5.13. The Bertz CT molecular complexity index is 1420. The maximum atomic E-state index is 13.2. The molecule has 1 saturated heterocycles. The van der Waals surface area contributed by atoms with Crippen molar-refractivity contribution in [2.75, 3.05) is 19.6 Å². The minimum atomic E-state index is -0.968. The van der Waals surface area contributed by atoms with Crippen molar-refractivity contribution in [2.45, 2.75) is 19.9 Å². The summed E-state index contributed by atoms with van der Waals surface area (Å²) in [5.41, 5.74) is 4.08. The Morgan fingerprint density at radius 3 is 2.76 bits per heavy atom. The Morgan fingerprint density at radius 1 is 1.18 bits per heavy atom. The van der Waals surface area contributed by atoms with Gasteiger partial charge < -0.3 is 14.9 Å². The molecule has 1 aliphatic heterocycles. The maximum Gasteiger partial charge on any atom is 0.407 e. The summed E-state index contributed by atoms with van der Waals surface area (Å²) in [6, 6.07) is 8.79. The molecule has 5 rings (SSSR count). The molecule has 4 aromatic rings. The van der Waals surface area contributed by atoms with Crippen LogP contribution in [-0.4, -0.2) is 72.7 Å². The molecule has 1 atom stereocenters. The minimum absolute atomic E-state index is 0.158. The second-order valence-corrected chi connectivity index (χ2v) is 8.65. The van der Waals surface area contributed by atoms with Crippen molar-refractivity contribution in [3.8, 4) is 11.3 Å². The molecular weight excluding hydrogens is 444 g/mol. The van der Waals surface area contributed by atoms with Gasteiger partial charge in [-0.2, -0.15) is 5.10 Å². The number of carboxylic acid groups (broad SMARTS) is 1. The number of rotatable bonds is 2. The van der Waals surface area contributed by atoms with E-state index in [1.807, 2.05) is 19.9 Å². The van der Waals surface area contributed by atoms with E-state index in [4.69, 9.17) is 16.6 Å². The van der Waals surface area contributed by atoms with Crippen LogP contribution < -0.4 is 0 Å². The highest BCUT2D eigenvalue weighted by Crippen LogP contribution is 2.30. The van der Waals surface area contributed by atoms with Gasteiger partial charge in [0.1, 0.15) is 0 Å². The fourth-order valence-corrected chi connectivity index (χ4v) is 4.49. The first-order valence-corrected chi connectivity index (χ1v) is 10.9. The predicted molar refractivity (Wildman–Crippen MR) is 124 cm³/mol. The molecule has 0 radical (unpaired) electrons. The summed E-state index contributed by atoms with van der Waals surface area (Å²) in [4.78, 5) is 36.6. The van der Waals surface area contributed by atoms with E-state index in [1.165, 1.54) is 4.90 Å². The molecule has 2 amide bonds. The lowest BCUT2D eigenvalue weighted by Crippen LogP contribution is -2.55. The molecule has 0 bridgehead atoms. The van der Waals surface area contributed by atoms with Crippen LogP contribution in [0.4, 0.5) is 4.79 Å². The van der Waals surface area contributed by atoms with Gasteiger partial charge in [-0.1, -0.05) is 17.7 Å². The number of aryl methyl sites for hydroxylation is 1. The number of pyridine rings is 2. The number of halogens is 1. The molecule has 0 unspecified atom stereocenters. The number of fused-ring (bicyclic) bond motifs is 2. The summed E-state index contributed by atoms with van der Waals surface area (Å²) in [5, 5.41) is 18.5. The maximum absolute atomic E-state index is 13.2. The van der Waals surface area contributed by atoms with Gasteiger partial charge >= 0.3 is 6.09 Å². The van der Waals surface area contributed by atoms with Crippen molar-refractivity contribution < 1.29 is 14.7 Å². The first-order chi connectivity index (χ1) is 15.8. The first-order valence-electron chi connectivity index (χ1n) is 10.5. The lowest BCUT2D eigenvalue weighted by Gasteiger charge is -2.38. The van der Waals surface area contributed by atoms with Crippen molar-refractivity contribution in [3.63, 3.8) is 0 Å². The molecule has 3 aromatic heterocycles. The topological polar surface area (TPSA) is 115 Å². The lowest BCUT2D eigenvalue weighted by atomic mass is 10.1. The van der Waals surface area contributed by atoms with Gasteiger partial charge in [0.25, 0.3) is 5.91 Å². The number of piperazine rings is 1. The average Bonchev–Trinajstić information content (AvgIpc) is 3.18. The van der Waals surface area contributed by atoms with Gasteiger partial charge in [-0.05, 0) is 38.1 Å². The van der Waals surface area contributed by atoms with Crippen LogP contribution >= 0.6 is 11.6 Å². The Hall–Kier alpha value is -3.72. The summed E-state index contributed by atoms with van der Waals surface area (Å²) in [6.07, 6.45) is 0.732. The number of hydrogen-bond acceptors (Lipinski definition) is 5.